The van der Waals surface area contributed by atoms with Crippen LogP contribution in [-0.2, 0) is 9.59 Å². The summed E-state index contributed by atoms with van der Waals surface area (Å²) in [6.45, 7) is 0. The van der Waals surface area contributed by atoms with Gasteiger partial charge in [0.2, 0.25) is 11.9 Å². The number of aliphatic imine (C=N–C) groups is 1. The van der Waals surface area contributed by atoms with Gasteiger partial charge < -0.3 is 5.32 Å². The summed E-state index contributed by atoms with van der Waals surface area (Å²) >= 11 is 11.8. The fraction of sp³-hybridized carbons (Fsp3) is 0.111. The van der Waals surface area contributed by atoms with E-state index in [0.717, 1.165) is 0 Å². The van der Waals surface area contributed by atoms with Gasteiger partial charge in [-0.1, -0.05) is 35.3 Å². The monoisotopic (exact) mass is 421 g/mol. The molecular formula is C18H14Cl2FN5O2. The Morgan fingerprint density at radius 3 is 2.71 bits per heavy atom. The number of benzene rings is 2. The first-order valence-corrected chi connectivity index (χ1v) is 8.84. The van der Waals surface area contributed by atoms with Gasteiger partial charge >= 0.3 is 0 Å². The lowest BCUT2D eigenvalue weighted by atomic mass is 10.2. The molecule has 0 saturated carbocycles. The van der Waals surface area contributed by atoms with Crippen molar-refractivity contribution in [2.45, 2.75) is 12.5 Å². The summed E-state index contributed by atoms with van der Waals surface area (Å²) < 4.78 is 12.8. The van der Waals surface area contributed by atoms with E-state index >= 15 is 0 Å². The van der Waals surface area contributed by atoms with Gasteiger partial charge in [-0.15, -0.1) is 0 Å². The average Bonchev–Trinajstić information content (AvgIpc) is 2.98. The third kappa shape index (κ3) is 5.28. The fourth-order valence-corrected chi connectivity index (χ4v) is 2.78. The summed E-state index contributed by atoms with van der Waals surface area (Å²) in [4.78, 5) is 28.2. The number of carbonyl (C=O) groups excluding carboxylic acids is 2. The number of anilines is 1. The topological polar surface area (TPSA) is 94.9 Å². The lowest BCUT2D eigenvalue weighted by molar-refractivity contribution is -0.123. The van der Waals surface area contributed by atoms with Gasteiger partial charge in [-0.3, -0.25) is 14.9 Å². The minimum atomic E-state index is -0.894. The summed E-state index contributed by atoms with van der Waals surface area (Å²) in [5.41, 5.74) is 3.62. The van der Waals surface area contributed by atoms with Crippen LogP contribution in [0.4, 0.5) is 10.1 Å². The predicted octanol–water partition coefficient (Wildman–Crippen LogP) is 2.94. The quantitative estimate of drug-likeness (QED) is 0.511. The lowest BCUT2D eigenvalue weighted by Gasteiger charge is -2.08. The Hall–Kier alpha value is -2.97. The molecule has 2 aromatic rings. The van der Waals surface area contributed by atoms with Gasteiger partial charge in [0.15, 0.2) is 0 Å². The standard InChI is InChI=1S/C18H14Cl2FN5O2/c19-11-3-6-14(13(20)7-11)23-16(27)8-15-17(28)25-18(24-15)26-22-9-10-1-4-12(21)5-2-10/h1-7,9,15H,8H2,(H,23,27)(H2,24,25,26,28)/b22-9-/t15-/m0/s1. The van der Waals surface area contributed by atoms with Gasteiger partial charge in [0.05, 0.1) is 23.3 Å². The summed E-state index contributed by atoms with van der Waals surface area (Å²) in [5.74, 6) is -1.09. The highest BCUT2D eigenvalue weighted by atomic mass is 35.5. The number of nitrogens with zero attached hydrogens (tertiary/aromatic N) is 2. The van der Waals surface area contributed by atoms with Gasteiger partial charge in [0.1, 0.15) is 11.9 Å². The summed E-state index contributed by atoms with van der Waals surface area (Å²) in [6, 6.07) is 9.46. The number of carbonyl (C=O) groups is 2. The maximum Gasteiger partial charge on any atom is 0.252 e. The van der Waals surface area contributed by atoms with E-state index in [9.17, 15) is 14.0 Å². The largest absolute Gasteiger partial charge is 0.325 e. The fourth-order valence-electron chi connectivity index (χ4n) is 2.33. The van der Waals surface area contributed by atoms with Crippen LogP contribution < -0.4 is 16.1 Å². The normalized spacial score (nSPS) is 16.0. The van der Waals surface area contributed by atoms with E-state index < -0.39 is 17.9 Å². The third-order valence-electron chi connectivity index (χ3n) is 3.67. The van der Waals surface area contributed by atoms with Gasteiger partial charge in [-0.25, -0.2) is 14.8 Å². The smallest absolute Gasteiger partial charge is 0.252 e. The average molecular weight is 422 g/mol. The summed E-state index contributed by atoms with van der Waals surface area (Å²) in [7, 11) is 0. The van der Waals surface area contributed by atoms with Gasteiger partial charge in [-0.05, 0) is 35.9 Å². The highest BCUT2D eigenvalue weighted by Gasteiger charge is 2.28. The highest BCUT2D eigenvalue weighted by Crippen LogP contribution is 2.25. The second-order valence-electron chi connectivity index (χ2n) is 5.78. The number of hydrogen-bond acceptors (Lipinski definition) is 5. The van der Waals surface area contributed by atoms with Crippen molar-refractivity contribution in [3.05, 3.63) is 63.9 Å². The van der Waals surface area contributed by atoms with Crippen LogP contribution in [0.25, 0.3) is 0 Å². The Morgan fingerprint density at radius 2 is 2.00 bits per heavy atom. The second-order valence-corrected chi connectivity index (χ2v) is 6.62. The van der Waals surface area contributed by atoms with Crippen molar-refractivity contribution in [3.63, 3.8) is 0 Å². The minimum Gasteiger partial charge on any atom is -0.325 e. The van der Waals surface area contributed by atoms with E-state index in [0.29, 0.717) is 16.3 Å². The predicted molar refractivity (Wildman–Crippen MR) is 106 cm³/mol. The molecule has 0 aromatic heterocycles. The van der Waals surface area contributed by atoms with Crippen molar-refractivity contribution in [2.24, 2.45) is 10.1 Å². The molecular weight excluding hydrogens is 408 g/mol. The molecule has 28 heavy (non-hydrogen) atoms. The van der Waals surface area contributed by atoms with E-state index in [-0.39, 0.29) is 23.2 Å². The molecule has 0 saturated heterocycles. The zero-order valence-electron chi connectivity index (χ0n) is 14.2. The number of guanidine groups is 1. The molecule has 1 heterocycles. The van der Waals surface area contributed by atoms with Gasteiger partial charge in [0.25, 0.3) is 5.91 Å². The van der Waals surface area contributed by atoms with Crippen LogP contribution in [0.5, 0.6) is 0 Å². The van der Waals surface area contributed by atoms with Gasteiger partial charge in [-0.2, -0.15) is 5.10 Å². The molecule has 0 unspecified atom stereocenters. The third-order valence-corrected chi connectivity index (χ3v) is 4.22. The van der Waals surface area contributed by atoms with Crippen LogP contribution in [0.1, 0.15) is 12.0 Å². The Balaban J connectivity index is 1.55. The number of hydrazone groups is 1. The molecule has 3 rings (SSSR count). The number of rotatable bonds is 5. The van der Waals surface area contributed by atoms with E-state index in [2.05, 4.69) is 26.2 Å². The first-order valence-electron chi connectivity index (χ1n) is 8.09. The maximum absolute atomic E-state index is 12.8. The molecule has 10 heteroatoms. The van der Waals surface area contributed by atoms with E-state index in [4.69, 9.17) is 23.2 Å². The van der Waals surface area contributed by atoms with Crippen molar-refractivity contribution in [2.75, 3.05) is 5.32 Å². The highest BCUT2D eigenvalue weighted by molar-refractivity contribution is 6.36. The number of halogens is 3. The first kappa shape index (κ1) is 19.8. The van der Waals surface area contributed by atoms with E-state index in [1.807, 2.05) is 0 Å². The first-order chi connectivity index (χ1) is 13.4. The number of amides is 2. The van der Waals surface area contributed by atoms with Crippen molar-refractivity contribution < 1.29 is 14.0 Å². The van der Waals surface area contributed by atoms with E-state index in [1.165, 1.54) is 24.4 Å². The molecule has 0 radical (unpaired) electrons. The minimum absolute atomic E-state index is 0.116. The Labute approximate surface area is 169 Å². The van der Waals surface area contributed by atoms with Crippen molar-refractivity contribution in [3.8, 4) is 0 Å². The summed E-state index contributed by atoms with van der Waals surface area (Å²) in [5, 5.41) is 9.75. The van der Waals surface area contributed by atoms with Crippen molar-refractivity contribution in [1.29, 1.82) is 0 Å². The second kappa shape index (κ2) is 8.81. The molecule has 1 atom stereocenters. The van der Waals surface area contributed by atoms with Crippen LogP contribution in [0.2, 0.25) is 10.0 Å². The van der Waals surface area contributed by atoms with Crippen LogP contribution >= 0.6 is 23.2 Å². The molecule has 1 aliphatic rings. The molecule has 3 N–H and O–H groups in total. The van der Waals surface area contributed by atoms with Crippen LogP contribution in [-0.4, -0.2) is 30.0 Å². The van der Waals surface area contributed by atoms with Crippen molar-refractivity contribution in [1.82, 2.24) is 10.7 Å². The van der Waals surface area contributed by atoms with Crippen LogP contribution in [0.3, 0.4) is 0 Å². The number of nitrogens with one attached hydrogen (secondary N) is 3. The zero-order valence-corrected chi connectivity index (χ0v) is 15.8. The summed E-state index contributed by atoms with van der Waals surface area (Å²) in [6.07, 6.45) is 1.27. The maximum atomic E-state index is 12.8. The van der Waals surface area contributed by atoms with Crippen LogP contribution in [0.15, 0.2) is 52.6 Å². The van der Waals surface area contributed by atoms with Crippen LogP contribution in [0, 0.1) is 5.82 Å². The molecule has 0 bridgehead atoms. The molecule has 7 nitrogen and oxygen atoms in total. The lowest BCUT2D eigenvalue weighted by Crippen LogP contribution is -2.35. The van der Waals surface area contributed by atoms with Gasteiger partial charge in [0, 0.05) is 5.02 Å². The molecule has 144 valence electrons. The molecule has 2 aromatic carbocycles. The molecule has 0 aliphatic carbocycles. The molecule has 1 aliphatic heterocycles. The Morgan fingerprint density at radius 1 is 1.25 bits per heavy atom. The molecule has 2 amide bonds. The zero-order chi connectivity index (χ0) is 20.1. The SMILES string of the molecule is O=C(C[C@@H]1N=C(N/N=C\c2ccc(F)cc2)NC1=O)Nc1ccc(Cl)cc1Cl. The Bertz CT molecular complexity index is 963. The van der Waals surface area contributed by atoms with E-state index in [1.54, 1.807) is 24.3 Å². The molecule has 0 spiro atoms. The number of hydrogen-bond donors (Lipinski definition) is 3. The molecule has 0 fully saturated rings. The van der Waals surface area contributed by atoms with Crippen molar-refractivity contribution >= 4 is 52.9 Å². The Kier molecular flexibility index (Phi) is 6.23.